The van der Waals surface area contributed by atoms with Crippen LogP contribution in [0.2, 0.25) is 0 Å². The smallest absolute Gasteiger partial charge is 0.222 e. The first-order valence-corrected chi connectivity index (χ1v) is 18.9. The van der Waals surface area contributed by atoms with Gasteiger partial charge in [-0.3, -0.25) is 14.0 Å². The maximum atomic E-state index is 5.55. The van der Waals surface area contributed by atoms with Crippen LogP contribution in [0.15, 0.2) is 170 Å². The van der Waals surface area contributed by atoms with Crippen LogP contribution in [0.25, 0.3) is 104 Å². The summed E-state index contributed by atoms with van der Waals surface area (Å²) in [6, 6.07) is 55.7. The molecule has 7 heteroatoms. The molecule has 6 aromatic heterocycles. The fourth-order valence-electron chi connectivity index (χ4n) is 8.50. The number of para-hydroxylation sites is 5. The predicted molar refractivity (Wildman–Crippen MR) is 223 cm³/mol. The molecule has 0 bridgehead atoms. The fourth-order valence-corrected chi connectivity index (χ4v) is 9.70. The predicted octanol–water partition coefficient (Wildman–Crippen LogP) is 12.0. The van der Waals surface area contributed by atoms with Crippen LogP contribution in [-0.4, -0.2) is 28.5 Å². The first-order valence-electron chi connectivity index (χ1n) is 18.0. The van der Waals surface area contributed by atoms with Gasteiger partial charge < -0.3 is 4.57 Å². The fraction of sp³-hybridized carbons (Fsp3) is 0. The van der Waals surface area contributed by atoms with Gasteiger partial charge >= 0.3 is 0 Å². The second-order valence-corrected chi connectivity index (χ2v) is 14.7. The van der Waals surface area contributed by atoms with E-state index >= 15 is 0 Å². The van der Waals surface area contributed by atoms with Gasteiger partial charge in [0.1, 0.15) is 5.52 Å². The Morgan fingerprint density at radius 3 is 2.04 bits per heavy atom. The maximum Gasteiger partial charge on any atom is 0.222 e. The third kappa shape index (κ3) is 4.01. The topological polar surface area (TPSA) is 52.9 Å². The molecule has 0 saturated heterocycles. The van der Waals surface area contributed by atoms with E-state index in [1.807, 2.05) is 12.4 Å². The SMILES string of the molecule is c1ccc(-n2c3ccccc3c3cnc4c(nc5n(-c6ccccc6-c6ccccc6-c6nccc7c6sc6ccccc67)c6ccccc6n45)c32)cc1. The van der Waals surface area contributed by atoms with E-state index in [1.165, 1.54) is 20.2 Å². The van der Waals surface area contributed by atoms with Gasteiger partial charge in [-0.1, -0.05) is 109 Å². The molecule has 252 valence electrons. The van der Waals surface area contributed by atoms with Crippen molar-refractivity contribution in [3.63, 3.8) is 0 Å². The number of pyridine rings is 2. The van der Waals surface area contributed by atoms with Crippen molar-refractivity contribution in [2.24, 2.45) is 0 Å². The van der Waals surface area contributed by atoms with Crippen LogP contribution in [0.4, 0.5) is 0 Å². The molecule has 0 fully saturated rings. The second-order valence-electron chi connectivity index (χ2n) is 13.6. The van der Waals surface area contributed by atoms with Gasteiger partial charge in [0.15, 0.2) is 5.65 Å². The molecule has 0 saturated carbocycles. The number of hydrogen-bond donors (Lipinski definition) is 0. The molecule has 0 radical (unpaired) electrons. The lowest BCUT2D eigenvalue weighted by Crippen LogP contribution is -1.99. The molecule has 0 spiro atoms. The molecule has 0 aliphatic heterocycles. The van der Waals surface area contributed by atoms with Gasteiger partial charge in [0.25, 0.3) is 0 Å². The van der Waals surface area contributed by atoms with Crippen LogP contribution in [-0.2, 0) is 0 Å². The lowest BCUT2D eigenvalue weighted by molar-refractivity contribution is 1.11. The Bertz CT molecular complexity index is 3460. The second kappa shape index (κ2) is 11.2. The molecule has 6 aromatic carbocycles. The van der Waals surface area contributed by atoms with Crippen LogP contribution >= 0.6 is 11.3 Å². The minimum atomic E-state index is 0.811. The number of benzene rings is 6. The van der Waals surface area contributed by atoms with Crippen LogP contribution < -0.4 is 0 Å². The summed E-state index contributed by atoms with van der Waals surface area (Å²) in [5.74, 6) is 0.811. The monoisotopic (exact) mass is 708 g/mol. The number of imidazole rings is 2. The third-order valence-electron chi connectivity index (χ3n) is 10.8. The Morgan fingerprint density at radius 2 is 1.17 bits per heavy atom. The summed E-state index contributed by atoms with van der Waals surface area (Å²) in [4.78, 5) is 15.7. The highest BCUT2D eigenvalue weighted by atomic mass is 32.1. The average Bonchev–Trinajstić information content (AvgIpc) is 3.98. The standard InChI is InChI=1S/C47H28N6S/c1-2-14-29(15-3-1)51-37-21-9-7-18-32(37)36-28-49-46-43(44(36)51)50-47-52(39-23-11-12-24-40(39)53(46)47)38-22-10-6-17-31(38)30-16-4-5-20-34(30)42-45-35(26-27-48-42)33-19-8-13-25-41(33)54-45/h1-28H. The normalized spacial score (nSPS) is 12.1. The van der Waals surface area contributed by atoms with E-state index in [4.69, 9.17) is 15.0 Å². The molecular weight excluding hydrogens is 681 g/mol. The van der Waals surface area contributed by atoms with E-state index in [2.05, 4.69) is 171 Å². The highest BCUT2D eigenvalue weighted by Crippen LogP contribution is 2.44. The van der Waals surface area contributed by atoms with E-state index in [1.54, 1.807) is 11.3 Å². The molecule has 54 heavy (non-hydrogen) atoms. The average molecular weight is 709 g/mol. The summed E-state index contributed by atoms with van der Waals surface area (Å²) in [7, 11) is 0. The number of fused-ring (bicyclic) bond motifs is 12. The summed E-state index contributed by atoms with van der Waals surface area (Å²) in [5.41, 5.74) is 12.4. The number of thiophene rings is 1. The van der Waals surface area contributed by atoms with E-state index in [9.17, 15) is 0 Å². The van der Waals surface area contributed by atoms with Crippen LogP contribution in [0, 0.1) is 0 Å². The molecule has 0 amide bonds. The summed E-state index contributed by atoms with van der Waals surface area (Å²) in [5, 5.41) is 4.73. The summed E-state index contributed by atoms with van der Waals surface area (Å²) in [6.07, 6.45) is 3.96. The third-order valence-corrected chi connectivity index (χ3v) is 12.0. The molecule has 0 unspecified atom stereocenters. The zero-order chi connectivity index (χ0) is 35.3. The Labute approximate surface area is 312 Å². The van der Waals surface area contributed by atoms with Crippen molar-refractivity contribution in [3.05, 3.63) is 170 Å². The number of rotatable bonds is 4. The van der Waals surface area contributed by atoms with E-state index < -0.39 is 0 Å². The van der Waals surface area contributed by atoms with Crippen molar-refractivity contribution >= 4 is 81.3 Å². The van der Waals surface area contributed by atoms with Gasteiger partial charge in [-0.05, 0) is 54.1 Å². The molecule has 12 aromatic rings. The van der Waals surface area contributed by atoms with Crippen molar-refractivity contribution in [1.82, 2.24) is 28.5 Å². The van der Waals surface area contributed by atoms with Crippen molar-refractivity contribution in [2.75, 3.05) is 0 Å². The molecule has 0 atom stereocenters. The highest BCUT2D eigenvalue weighted by molar-refractivity contribution is 7.26. The Kier molecular flexibility index (Phi) is 6.12. The quantitative estimate of drug-likeness (QED) is 0.183. The van der Waals surface area contributed by atoms with Crippen LogP contribution in [0.3, 0.4) is 0 Å². The summed E-state index contributed by atoms with van der Waals surface area (Å²) in [6.45, 7) is 0. The minimum Gasteiger partial charge on any atom is -0.307 e. The van der Waals surface area contributed by atoms with Crippen molar-refractivity contribution in [3.8, 4) is 33.8 Å². The number of aromatic nitrogens is 6. The van der Waals surface area contributed by atoms with Gasteiger partial charge in [-0.2, -0.15) is 0 Å². The molecule has 6 nitrogen and oxygen atoms in total. The maximum absolute atomic E-state index is 5.55. The summed E-state index contributed by atoms with van der Waals surface area (Å²) >= 11 is 1.81. The molecule has 12 rings (SSSR count). The first kappa shape index (κ1) is 29.5. The summed E-state index contributed by atoms with van der Waals surface area (Å²) < 4.78 is 9.32. The lowest BCUT2D eigenvalue weighted by atomic mass is 9.95. The number of nitrogens with zero attached hydrogens (tertiary/aromatic N) is 6. The van der Waals surface area contributed by atoms with Gasteiger partial charge in [-0.15, -0.1) is 11.3 Å². The molecule has 0 N–H and O–H groups in total. The largest absolute Gasteiger partial charge is 0.307 e. The minimum absolute atomic E-state index is 0.811. The van der Waals surface area contributed by atoms with Gasteiger partial charge in [0.05, 0.1) is 38.1 Å². The van der Waals surface area contributed by atoms with Crippen LogP contribution in [0.1, 0.15) is 0 Å². The van der Waals surface area contributed by atoms with Crippen LogP contribution in [0.5, 0.6) is 0 Å². The Balaban J connectivity index is 1.16. The highest BCUT2D eigenvalue weighted by Gasteiger charge is 2.25. The molecular formula is C47H28N6S. The van der Waals surface area contributed by atoms with Gasteiger partial charge in [0, 0.05) is 55.5 Å². The van der Waals surface area contributed by atoms with E-state index in [0.29, 0.717) is 0 Å². The first-order chi connectivity index (χ1) is 26.8. The van der Waals surface area contributed by atoms with Crippen molar-refractivity contribution < 1.29 is 0 Å². The Hall–Kier alpha value is -7.09. The molecule has 0 aliphatic carbocycles. The van der Waals surface area contributed by atoms with Gasteiger partial charge in [0.2, 0.25) is 5.78 Å². The number of hydrogen-bond acceptors (Lipinski definition) is 4. The van der Waals surface area contributed by atoms with E-state index in [-0.39, 0.29) is 0 Å². The van der Waals surface area contributed by atoms with Crippen molar-refractivity contribution in [2.45, 2.75) is 0 Å². The molecule has 6 heterocycles. The zero-order valence-electron chi connectivity index (χ0n) is 28.8. The van der Waals surface area contributed by atoms with E-state index in [0.717, 1.165) is 83.5 Å². The lowest BCUT2D eigenvalue weighted by Gasteiger charge is -2.15. The molecule has 0 aliphatic rings. The Morgan fingerprint density at radius 1 is 0.481 bits per heavy atom. The zero-order valence-corrected chi connectivity index (χ0v) is 29.6. The van der Waals surface area contributed by atoms with Gasteiger partial charge in [-0.25, -0.2) is 9.97 Å². The van der Waals surface area contributed by atoms with Crippen molar-refractivity contribution in [1.29, 1.82) is 0 Å².